The van der Waals surface area contributed by atoms with Crippen LogP contribution in [-0.4, -0.2) is 36.1 Å². The van der Waals surface area contributed by atoms with Gasteiger partial charge in [-0.15, -0.1) is 0 Å². The Labute approximate surface area is 172 Å². The molecule has 0 radical (unpaired) electrons. The third-order valence-electron chi connectivity index (χ3n) is 5.88. The molecule has 0 aliphatic carbocycles. The summed E-state index contributed by atoms with van der Waals surface area (Å²) in [6, 6.07) is 14.4. The number of hydrogen-bond acceptors (Lipinski definition) is 2. The van der Waals surface area contributed by atoms with Gasteiger partial charge in [-0.25, -0.2) is 4.79 Å². The van der Waals surface area contributed by atoms with Crippen LogP contribution in [0.2, 0.25) is 0 Å². The van der Waals surface area contributed by atoms with Crippen molar-refractivity contribution in [2.45, 2.75) is 39.2 Å². The van der Waals surface area contributed by atoms with E-state index in [2.05, 4.69) is 54.5 Å². The summed E-state index contributed by atoms with van der Waals surface area (Å²) in [5, 5.41) is 4.29. The van der Waals surface area contributed by atoms with E-state index in [0.29, 0.717) is 13.1 Å². The molecule has 0 saturated heterocycles. The molecule has 3 aromatic rings. The van der Waals surface area contributed by atoms with Crippen LogP contribution in [0.3, 0.4) is 0 Å². The first-order valence-corrected chi connectivity index (χ1v) is 10.4. The number of aromatic nitrogens is 1. The second-order valence-corrected chi connectivity index (χ2v) is 7.72. The highest BCUT2D eigenvalue weighted by atomic mass is 16.5. The number of nitrogens with one attached hydrogen (secondary N) is 2. The molecule has 2 amide bonds. The van der Waals surface area contributed by atoms with Gasteiger partial charge in [0.1, 0.15) is 5.75 Å². The maximum absolute atomic E-state index is 13.1. The molecule has 0 bridgehead atoms. The Balaban J connectivity index is 1.81. The van der Waals surface area contributed by atoms with Crippen LogP contribution in [-0.2, 0) is 6.42 Å². The number of fused-ring (bicyclic) bond motifs is 3. The third kappa shape index (κ3) is 3.57. The molecule has 1 atom stereocenters. The summed E-state index contributed by atoms with van der Waals surface area (Å²) in [4.78, 5) is 18.7. The molecular weight excluding hydrogens is 362 g/mol. The van der Waals surface area contributed by atoms with E-state index in [1.807, 2.05) is 17.0 Å². The number of amides is 2. The molecular formula is C24H29N3O2. The molecule has 152 valence electrons. The van der Waals surface area contributed by atoms with E-state index < -0.39 is 0 Å². The second-order valence-electron chi connectivity index (χ2n) is 7.72. The molecule has 1 aliphatic heterocycles. The van der Waals surface area contributed by atoms with Crippen molar-refractivity contribution >= 4 is 16.9 Å². The van der Waals surface area contributed by atoms with Crippen LogP contribution >= 0.6 is 0 Å². The largest absolute Gasteiger partial charge is 0.497 e. The highest BCUT2D eigenvalue weighted by molar-refractivity contribution is 5.87. The normalized spacial score (nSPS) is 16.0. The Morgan fingerprint density at radius 3 is 2.86 bits per heavy atom. The number of methoxy groups -OCH3 is 1. The molecule has 0 fully saturated rings. The van der Waals surface area contributed by atoms with Crippen molar-refractivity contribution < 1.29 is 9.53 Å². The molecule has 1 aliphatic rings. The van der Waals surface area contributed by atoms with Gasteiger partial charge in [0.15, 0.2) is 0 Å². The maximum Gasteiger partial charge on any atom is 0.318 e. The molecule has 4 rings (SSSR count). The lowest BCUT2D eigenvalue weighted by molar-refractivity contribution is 0.179. The molecule has 0 saturated carbocycles. The first-order valence-electron chi connectivity index (χ1n) is 10.4. The van der Waals surface area contributed by atoms with Crippen molar-refractivity contribution in [3.63, 3.8) is 0 Å². The number of urea groups is 1. The van der Waals surface area contributed by atoms with Crippen LogP contribution in [0.15, 0.2) is 42.5 Å². The number of H-pyrrole nitrogens is 1. The van der Waals surface area contributed by atoms with E-state index in [0.717, 1.165) is 41.8 Å². The van der Waals surface area contributed by atoms with Crippen molar-refractivity contribution in [1.82, 2.24) is 15.2 Å². The molecule has 5 heteroatoms. The van der Waals surface area contributed by atoms with Gasteiger partial charge >= 0.3 is 6.03 Å². The van der Waals surface area contributed by atoms with Crippen LogP contribution < -0.4 is 10.1 Å². The lowest BCUT2D eigenvalue weighted by atomic mass is 9.90. The average Bonchev–Trinajstić information content (AvgIpc) is 3.11. The molecule has 29 heavy (non-hydrogen) atoms. The summed E-state index contributed by atoms with van der Waals surface area (Å²) in [7, 11) is 1.69. The first-order chi connectivity index (χ1) is 14.1. The molecule has 2 N–H and O–H groups in total. The van der Waals surface area contributed by atoms with Gasteiger partial charge < -0.3 is 19.9 Å². The summed E-state index contributed by atoms with van der Waals surface area (Å²) < 4.78 is 5.44. The summed E-state index contributed by atoms with van der Waals surface area (Å²) in [5.41, 5.74) is 5.83. The van der Waals surface area contributed by atoms with E-state index >= 15 is 0 Å². The minimum Gasteiger partial charge on any atom is -0.497 e. The van der Waals surface area contributed by atoms with E-state index in [-0.39, 0.29) is 12.1 Å². The number of rotatable bonds is 5. The SMILES string of the molecule is CCCCNC(=O)N1CCc2c([nH]c3ccc(OC)cc23)[C@H]1c1ccccc1C. The van der Waals surface area contributed by atoms with Crippen molar-refractivity contribution in [3.8, 4) is 5.75 Å². The molecule has 1 aromatic heterocycles. The summed E-state index contributed by atoms with van der Waals surface area (Å²) in [5.74, 6) is 0.853. The predicted octanol–water partition coefficient (Wildman–Crippen LogP) is 4.94. The monoisotopic (exact) mass is 391 g/mol. The fourth-order valence-corrected chi connectivity index (χ4v) is 4.30. The number of carbonyl (C=O) groups is 1. The Hall–Kier alpha value is -2.95. The summed E-state index contributed by atoms with van der Waals surface area (Å²) >= 11 is 0. The lowest BCUT2D eigenvalue weighted by Gasteiger charge is -2.37. The van der Waals surface area contributed by atoms with Crippen LogP contribution in [0.25, 0.3) is 10.9 Å². The van der Waals surface area contributed by atoms with Crippen LogP contribution in [0.5, 0.6) is 5.75 Å². The van der Waals surface area contributed by atoms with Crippen molar-refractivity contribution in [1.29, 1.82) is 0 Å². The van der Waals surface area contributed by atoms with Crippen molar-refractivity contribution in [3.05, 3.63) is 64.8 Å². The first kappa shape index (κ1) is 19.4. The van der Waals surface area contributed by atoms with Gasteiger partial charge in [-0.1, -0.05) is 37.6 Å². The third-order valence-corrected chi connectivity index (χ3v) is 5.88. The smallest absolute Gasteiger partial charge is 0.318 e. The van der Waals surface area contributed by atoms with Crippen LogP contribution in [0, 0.1) is 6.92 Å². The van der Waals surface area contributed by atoms with E-state index in [9.17, 15) is 4.79 Å². The molecule has 5 nitrogen and oxygen atoms in total. The summed E-state index contributed by atoms with van der Waals surface area (Å²) in [6.07, 6.45) is 2.88. The number of benzene rings is 2. The Kier molecular flexibility index (Phi) is 5.47. The predicted molar refractivity (Wildman–Crippen MR) is 117 cm³/mol. The fourth-order valence-electron chi connectivity index (χ4n) is 4.30. The van der Waals surface area contributed by atoms with E-state index in [1.54, 1.807) is 7.11 Å². The zero-order valence-electron chi connectivity index (χ0n) is 17.4. The summed E-state index contributed by atoms with van der Waals surface area (Å²) in [6.45, 7) is 5.65. The highest BCUT2D eigenvalue weighted by Gasteiger charge is 2.35. The van der Waals surface area contributed by atoms with Crippen LogP contribution in [0.4, 0.5) is 4.79 Å². The fraction of sp³-hybridized carbons (Fsp3) is 0.375. The number of aromatic amines is 1. The van der Waals surface area contributed by atoms with E-state index in [1.165, 1.54) is 16.5 Å². The van der Waals surface area contributed by atoms with Crippen molar-refractivity contribution in [2.75, 3.05) is 20.2 Å². The number of hydrogen-bond donors (Lipinski definition) is 2. The topological polar surface area (TPSA) is 57.4 Å². The van der Waals surface area contributed by atoms with Gasteiger partial charge in [-0.2, -0.15) is 0 Å². The maximum atomic E-state index is 13.1. The highest BCUT2D eigenvalue weighted by Crippen LogP contribution is 2.40. The van der Waals surface area contributed by atoms with Crippen molar-refractivity contribution in [2.24, 2.45) is 0 Å². The molecule has 0 unspecified atom stereocenters. The number of carbonyl (C=O) groups excluding carboxylic acids is 1. The van der Waals surface area contributed by atoms with Gasteiger partial charge in [0.2, 0.25) is 0 Å². The van der Waals surface area contributed by atoms with Gasteiger partial charge in [0.25, 0.3) is 0 Å². The zero-order chi connectivity index (χ0) is 20.4. The molecule has 2 heterocycles. The van der Waals surface area contributed by atoms with Gasteiger partial charge in [0.05, 0.1) is 13.2 Å². The Morgan fingerprint density at radius 2 is 2.10 bits per heavy atom. The number of aryl methyl sites for hydroxylation is 1. The lowest BCUT2D eigenvalue weighted by Crippen LogP contribution is -2.46. The molecule has 0 spiro atoms. The molecule has 2 aromatic carbocycles. The second kappa shape index (κ2) is 8.19. The number of ether oxygens (including phenoxy) is 1. The Morgan fingerprint density at radius 1 is 1.28 bits per heavy atom. The minimum absolute atomic E-state index is 0.00795. The minimum atomic E-state index is -0.125. The van der Waals surface area contributed by atoms with Gasteiger partial charge in [0, 0.05) is 29.7 Å². The zero-order valence-corrected chi connectivity index (χ0v) is 17.4. The van der Waals surface area contributed by atoms with Crippen LogP contribution in [0.1, 0.15) is 48.2 Å². The van der Waals surface area contributed by atoms with Gasteiger partial charge in [-0.3, -0.25) is 0 Å². The van der Waals surface area contributed by atoms with E-state index in [4.69, 9.17) is 4.74 Å². The average molecular weight is 392 g/mol. The standard InChI is InChI=1S/C24H29N3O2/c1-4-5-13-25-24(28)27-14-12-19-20-15-17(29-3)10-11-21(20)26-22(19)23(27)18-9-7-6-8-16(18)2/h6-11,15,23,26H,4-5,12-14H2,1-3H3,(H,25,28)/t23-/m1/s1. The number of nitrogens with zero attached hydrogens (tertiary/aromatic N) is 1. The number of unbranched alkanes of at least 4 members (excludes halogenated alkanes) is 1. The quantitative estimate of drug-likeness (QED) is 0.605. The van der Waals surface area contributed by atoms with Gasteiger partial charge in [-0.05, 0) is 54.7 Å². The Bertz CT molecular complexity index is 1020.